The maximum atomic E-state index is 13.4. The first-order valence-corrected chi connectivity index (χ1v) is 14.0. The molecule has 1 atom stereocenters. The number of carbonyl (C=O) groups is 4. The number of rotatable bonds is 4. The van der Waals surface area contributed by atoms with Gasteiger partial charge < -0.3 is 4.90 Å². The van der Waals surface area contributed by atoms with E-state index in [1.807, 2.05) is 56.1 Å². The summed E-state index contributed by atoms with van der Waals surface area (Å²) in [5, 5.41) is 8.94. The lowest BCUT2D eigenvalue weighted by Crippen LogP contribution is -2.53. The number of benzene rings is 2. The molecule has 3 aromatic rings. The molecule has 40 heavy (non-hydrogen) atoms. The summed E-state index contributed by atoms with van der Waals surface area (Å²) in [4.78, 5) is 54.0. The number of anilines is 1. The van der Waals surface area contributed by atoms with E-state index in [-0.39, 0.29) is 35.1 Å². The molecular formula is C31H35N5O4. The van der Waals surface area contributed by atoms with Crippen LogP contribution in [0, 0.1) is 5.41 Å². The molecule has 1 N–H and O–H groups in total. The van der Waals surface area contributed by atoms with Crippen molar-refractivity contribution in [2.45, 2.75) is 71.4 Å². The van der Waals surface area contributed by atoms with Crippen molar-refractivity contribution in [1.82, 2.24) is 20.0 Å². The number of aromatic nitrogens is 2. The fourth-order valence-electron chi connectivity index (χ4n) is 6.32. The van der Waals surface area contributed by atoms with Crippen molar-refractivity contribution in [3.05, 3.63) is 59.4 Å². The summed E-state index contributed by atoms with van der Waals surface area (Å²) in [5.41, 5.74) is 2.90. The molecule has 6 rings (SSSR count). The zero-order valence-corrected chi connectivity index (χ0v) is 23.5. The summed E-state index contributed by atoms with van der Waals surface area (Å²) < 4.78 is 2.05. The quantitative estimate of drug-likeness (QED) is 0.507. The van der Waals surface area contributed by atoms with Crippen molar-refractivity contribution in [3.63, 3.8) is 0 Å². The third-order valence-corrected chi connectivity index (χ3v) is 8.69. The second-order valence-corrected chi connectivity index (χ2v) is 12.6. The SMILES string of the molecule is CC(C)(C)C(=O)N1CCC(C)(n2cc(Cc3ccc4c5c(cccc35)C(=O)N4C3CCC(=O)NC3=O)cn2)CC1. The van der Waals surface area contributed by atoms with Crippen LogP contribution in [0.4, 0.5) is 5.69 Å². The Morgan fingerprint density at radius 3 is 2.55 bits per heavy atom. The first kappa shape index (κ1) is 26.2. The van der Waals surface area contributed by atoms with Gasteiger partial charge in [-0.25, -0.2) is 0 Å². The number of piperidine rings is 2. The Morgan fingerprint density at radius 2 is 1.85 bits per heavy atom. The molecule has 4 amide bonds. The van der Waals surface area contributed by atoms with Gasteiger partial charge in [0.25, 0.3) is 5.91 Å². The number of hydrogen-bond acceptors (Lipinski definition) is 5. The van der Waals surface area contributed by atoms with Gasteiger partial charge >= 0.3 is 0 Å². The number of imide groups is 1. The molecule has 3 aliphatic heterocycles. The lowest BCUT2D eigenvalue weighted by atomic mass is 9.87. The van der Waals surface area contributed by atoms with Crippen molar-refractivity contribution in [3.8, 4) is 0 Å². The molecule has 9 heteroatoms. The van der Waals surface area contributed by atoms with Crippen LogP contribution in [0.15, 0.2) is 42.7 Å². The van der Waals surface area contributed by atoms with Gasteiger partial charge in [-0.1, -0.05) is 39.0 Å². The van der Waals surface area contributed by atoms with E-state index in [2.05, 4.69) is 23.1 Å². The number of carbonyl (C=O) groups excluding carboxylic acids is 4. The van der Waals surface area contributed by atoms with E-state index in [0.717, 1.165) is 34.7 Å². The van der Waals surface area contributed by atoms with Crippen molar-refractivity contribution in [2.24, 2.45) is 5.41 Å². The Hall–Kier alpha value is -4.01. The molecule has 9 nitrogen and oxygen atoms in total. The predicted octanol–water partition coefficient (Wildman–Crippen LogP) is 3.78. The van der Waals surface area contributed by atoms with Gasteiger partial charge in [0.2, 0.25) is 17.7 Å². The van der Waals surface area contributed by atoms with Crippen LogP contribution in [-0.2, 0) is 26.3 Å². The van der Waals surface area contributed by atoms with Gasteiger partial charge in [0.05, 0.1) is 17.4 Å². The maximum Gasteiger partial charge on any atom is 0.259 e. The fraction of sp³-hybridized carbons (Fsp3) is 0.452. The van der Waals surface area contributed by atoms with Crippen LogP contribution in [0.1, 0.15) is 74.9 Å². The predicted molar refractivity (Wildman–Crippen MR) is 151 cm³/mol. The molecule has 1 unspecified atom stereocenters. The lowest BCUT2D eigenvalue weighted by molar-refractivity contribution is -0.141. The topological polar surface area (TPSA) is 105 Å². The Bertz CT molecular complexity index is 1560. The number of amides is 4. The first-order chi connectivity index (χ1) is 19.0. The molecular weight excluding hydrogens is 506 g/mol. The molecule has 2 fully saturated rings. The number of hydrogen-bond donors (Lipinski definition) is 1. The summed E-state index contributed by atoms with van der Waals surface area (Å²) in [6.45, 7) is 9.53. The fourth-order valence-corrected chi connectivity index (χ4v) is 6.32. The van der Waals surface area contributed by atoms with E-state index in [1.165, 1.54) is 0 Å². The maximum absolute atomic E-state index is 13.4. The molecule has 1 aromatic heterocycles. The first-order valence-electron chi connectivity index (χ1n) is 14.0. The molecule has 0 aliphatic carbocycles. The Kier molecular flexibility index (Phi) is 6.09. The van der Waals surface area contributed by atoms with E-state index < -0.39 is 11.9 Å². The van der Waals surface area contributed by atoms with Gasteiger partial charge in [-0.05, 0) is 54.8 Å². The average Bonchev–Trinajstić information content (AvgIpc) is 3.50. The third kappa shape index (κ3) is 4.28. The minimum Gasteiger partial charge on any atom is -0.342 e. The Labute approximate surface area is 233 Å². The Morgan fingerprint density at radius 1 is 1.10 bits per heavy atom. The molecule has 3 aliphatic rings. The second kappa shape index (κ2) is 9.28. The highest BCUT2D eigenvalue weighted by atomic mass is 16.2. The molecule has 2 aromatic carbocycles. The van der Waals surface area contributed by atoms with Crippen LogP contribution >= 0.6 is 0 Å². The van der Waals surface area contributed by atoms with Crippen LogP contribution in [0.25, 0.3) is 10.8 Å². The van der Waals surface area contributed by atoms with Crippen LogP contribution in [0.5, 0.6) is 0 Å². The zero-order chi connectivity index (χ0) is 28.4. The summed E-state index contributed by atoms with van der Waals surface area (Å²) in [5.74, 6) is -0.741. The van der Waals surface area contributed by atoms with Gasteiger partial charge in [-0.15, -0.1) is 0 Å². The van der Waals surface area contributed by atoms with E-state index in [1.54, 1.807) is 11.0 Å². The third-order valence-electron chi connectivity index (χ3n) is 8.69. The van der Waals surface area contributed by atoms with Crippen LogP contribution in [-0.4, -0.2) is 57.4 Å². The van der Waals surface area contributed by atoms with Gasteiger partial charge in [-0.2, -0.15) is 5.10 Å². The molecule has 4 heterocycles. The molecule has 0 bridgehead atoms. The van der Waals surface area contributed by atoms with Crippen molar-refractivity contribution in [2.75, 3.05) is 18.0 Å². The number of likely N-dealkylation sites (tertiary alicyclic amines) is 1. The largest absolute Gasteiger partial charge is 0.342 e. The second-order valence-electron chi connectivity index (χ2n) is 12.6. The minimum atomic E-state index is -0.698. The molecule has 0 radical (unpaired) electrons. The van der Waals surface area contributed by atoms with E-state index in [9.17, 15) is 19.2 Å². The van der Waals surface area contributed by atoms with Gasteiger partial charge in [0.15, 0.2) is 0 Å². The molecule has 0 spiro atoms. The lowest BCUT2D eigenvalue weighted by Gasteiger charge is -2.41. The highest BCUT2D eigenvalue weighted by molar-refractivity contribution is 6.27. The van der Waals surface area contributed by atoms with Gasteiger partial charge in [0, 0.05) is 48.5 Å². The molecule has 2 saturated heterocycles. The van der Waals surface area contributed by atoms with Gasteiger partial charge in [0.1, 0.15) is 6.04 Å². The number of nitrogens with zero attached hydrogens (tertiary/aromatic N) is 4. The van der Waals surface area contributed by atoms with Crippen LogP contribution in [0.3, 0.4) is 0 Å². The van der Waals surface area contributed by atoms with Crippen molar-refractivity contribution >= 4 is 40.1 Å². The number of nitrogens with one attached hydrogen (secondary N) is 1. The summed E-state index contributed by atoms with van der Waals surface area (Å²) >= 11 is 0. The monoisotopic (exact) mass is 541 g/mol. The van der Waals surface area contributed by atoms with Crippen LogP contribution in [0.2, 0.25) is 0 Å². The van der Waals surface area contributed by atoms with Crippen molar-refractivity contribution < 1.29 is 19.2 Å². The van der Waals surface area contributed by atoms with Gasteiger partial charge in [-0.3, -0.25) is 34.1 Å². The van der Waals surface area contributed by atoms with E-state index in [4.69, 9.17) is 5.10 Å². The van der Waals surface area contributed by atoms with Crippen LogP contribution < -0.4 is 10.2 Å². The summed E-state index contributed by atoms with van der Waals surface area (Å²) in [6.07, 6.45) is 6.87. The average molecular weight is 542 g/mol. The van der Waals surface area contributed by atoms with Crippen molar-refractivity contribution in [1.29, 1.82) is 0 Å². The minimum absolute atomic E-state index is 0.163. The zero-order valence-electron chi connectivity index (χ0n) is 23.5. The van der Waals surface area contributed by atoms with E-state index in [0.29, 0.717) is 37.2 Å². The summed E-state index contributed by atoms with van der Waals surface area (Å²) in [7, 11) is 0. The molecule has 208 valence electrons. The highest BCUT2D eigenvalue weighted by Crippen LogP contribution is 2.41. The normalized spacial score (nSPS) is 20.8. The smallest absolute Gasteiger partial charge is 0.259 e. The standard InChI is InChI=1S/C31H35N5O4/c1-30(2,3)29(40)34-14-12-31(4,13-15-34)35-18-19(17-32-35)16-20-8-9-23-26-21(20)6-5-7-22(26)28(39)36(23)24-10-11-25(37)33-27(24)38/h5-9,17-18,24H,10-16H2,1-4H3,(H,33,37,38). The summed E-state index contributed by atoms with van der Waals surface area (Å²) in [6, 6.07) is 8.95. The highest BCUT2D eigenvalue weighted by Gasteiger charge is 2.41. The Balaban J connectivity index is 1.24. The van der Waals surface area contributed by atoms with E-state index >= 15 is 0 Å². The molecule has 0 saturated carbocycles.